The van der Waals surface area contributed by atoms with E-state index in [-0.39, 0.29) is 0 Å². The van der Waals surface area contributed by atoms with Crippen molar-refractivity contribution >= 4 is 33.5 Å². The van der Waals surface area contributed by atoms with Crippen LogP contribution in [0.2, 0.25) is 0 Å². The largest absolute Gasteiger partial charge is 0.480 e. The van der Waals surface area contributed by atoms with E-state index in [0.717, 1.165) is 10.2 Å². The molecule has 0 spiro atoms. The number of hydrogen-bond donors (Lipinski definition) is 1. The molecular weight excluding hydrogens is 226 g/mol. The number of pyridine rings is 1. The van der Waals surface area contributed by atoms with Crippen LogP contribution in [0.15, 0.2) is 18.3 Å². The molecule has 16 heavy (non-hydrogen) atoms. The summed E-state index contributed by atoms with van der Waals surface area (Å²) in [5.74, 6) is -0.222. The van der Waals surface area contributed by atoms with Crippen molar-refractivity contribution in [2.24, 2.45) is 0 Å². The molecule has 0 bridgehead atoms. The molecule has 2 aromatic heterocycles. The number of nitrogens with zero attached hydrogens (tertiary/aromatic N) is 3. The Labute approximate surface area is 96.5 Å². The van der Waals surface area contributed by atoms with Gasteiger partial charge in [0.2, 0.25) is 0 Å². The van der Waals surface area contributed by atoms with Crippen LogP contribution in [0.1, 0.15) is 6.92 Å². The number of carbonyl (C=O) groups is 1. The SMILES string of the molecule is CC(C(=O)O)N(C)c1ccc2cnsc2n1. The van der Waals surface area contributed by atoms with E-state index in [1.807, 2.05) is 6.07 Å². The summed E-state index contributed by atoms with van der Waals surface area (Å²) in [4.78, 5) is 17.7. The van der Waals surface area contributed by atoms with Crippen molar-refractivity contribution in [3.8, 4) is 0 Å². The van der Waals surface area contributed by atoms with Gasteiger partial charge in [-0.25, -0.2) is 9.78 Å². The number of likely N-dealkylation sites (N-methyl/N-ethyl adjacent to an activating group) is 1. The van der Waals surface area contributed by atoms with Crippen molar-refractivity contribution in [1.29, 1.82) is 0 Å². The van der Waals surface area contributed by atoms with Gasteiger partial charge in [0.25, 0.3) is 0 Å². The summed E-state index contributed by atoms with van der Waals surface area (Å²) in [6.45, 7) is 1.63. The molecule has 0 aliphatic carbocycles. The van der Waals surface area contributed by atoms with Crippen LogP contribution in [-0.4, -0.2) is 33.5 Å². The summed E-state index contributed by atoms with van der Waals surface area (Å²) in [6.07, 6.45) is 1.75. The molecular formula is C10H11N3O2S. The number of rotatable bonds is 3. The molecule has 0 aliphatic heterocycles. The first-order valence-electron chi connectivity index (χ1n) is 4.76. The Balaban J connectivity index is 2.35. The number of anilines is 1. The molecule has 0 aliphatic rings. The Morgan fingerprint density at radius 1 is 1.56 bits per heavy atom. The van der Waals surface area contributed by atoms with Gasteiger partial charge in [-0.1, -0.05) is 0 Å². The first kappa shape index (κ1) is 10.8. The molecule has 6 heteroatoms. The van der Waals surface area contributed by atoms with Gasteiger partial charge in [0.1, 0.15) is 16.7 Å². The van der Waals surface area contributed by atoms with Gasteiger partial charge in [-0.2, -0.15) is 4.37 Å². The van der Waals surface area contributed by atoms with Crippen LogP contribution in [0.4, 0.5) is 5.82 Å². The lowest BCUT2D eigenvalue weighted by atomic mass is 10.3. The zero-order valence-corrected chi connectivity index (χ0v) is 9.73. The van der Waals surface area contributed by atoms with Crippen molar-refractivity contribution < 1.29 is 9.90 Å². The second kappa shape index (κ2) is 4.05. The molecule has 0 saturated carbocycles. The zero-order chi connectivity index (χ0) is 11.7. The summed E-state index contributed by atoms with van der Waals surface area (Å²) >= 11 is 1.30. The lowest BCUT2D eigenvalue weighted by Crippen LogP contribution is -2.36. The number of aromatic nitrogens is 2. The molecule has 1 atom stereocenters. The first-order chi connectivity index (χ1) is 7.59. The van der Waals surface area contributed by atoms with Gasteiger partial charge in [-0.15, -0.1) is 0 Å². The molecule has 2 aromatic rings. The van der Waals surface area contributed by atoms with Crippen molar-refractivity contribution in [3.63, 3.8) is 0 Å². The van der Waals surface area contributed by atoms with E-state index >= 15 is 0 Å². The Hall–Kier alpha value is -1.69. The van der Waals surface area contributed by atoms with Crippen molar-refractivity contribution in [3.05, 3.63) is 18.3 Å². The number of fused-ring (bicyclic) bond motifs is 1. The Morgan fingerprint density at radius 3 is 3.00 bits per heavy atom. The van der Waals surface area contributed by atoms with E-state index in [1.165, 1.54) is 11.5 Å². The van der Waals surface area contributed by atoms with Crippen molar-refractivity contribution in [2.45, 2.75) is 13.0 Å². The summed E-state index contributed by atoms with van der Waals surface area (Å²) < 4.78 is 4.03. The van der Waals surface area contributed by atoms with Crippen LogP contribution < -0.4 is 4.90 Å². The summed E-state index contributed by atoms with van der Waals surface area (Å²) in [5, 5.41) is 9.88. The van der Waals surface area contributed by atoms with Crippen LogP contribution in [0, 0.1) is 0 Å². The smallest absolute Gasteiger partial charge is 0.326 e. The van der Waals surface area contributed by atoms with Gasteiger partial charge in [-0.3, -0.25) is 0 Å². The molecule has 0 amide bonds. The first-order valence-corrected chi connectivity index (χ1v) is 5.54. The molecule has 84 valence electrons. The van der Waals surface area contributed by atoms with Gasteiger partial charge >= 0.3 is 5.97 Å². The maximum atomic E-state index is 10.8. The summed E-state index contributed by atoms with van der Waals surface area (Å²) in [7, 11) is 1.72. The minimum Gasteiger partial charge on any atom is -0.480 e. The third-order valence-corrected chi connectivity index (χ3v) is 3.22. The molecule has 1 N–H and O–H groups in total. The highest BCUT2D eigenvalue weighted by Crippen LogP contribution is 2.20. The normalized spacial score (nSPS) is 12.6. The van der Waals surface area contributed by atoms with Crippen LogP contribution in [-0.2, 0) is 4.79 Å². The fraction of sp³-hybridized carbons (Fsp3) is 0.300. The van der Waals surface area contributed by atoms with E-state index in [1.54, 1.807) is 31.1 Å². The minimum atomic E-state index is -0.867. The quantitative estimate of drug-likeness (QED) is 0.878. The Bertz CT molecular complexity index is 526. The second-order valence-electron chi connectivity index (χ2n) is 3.51. The average Bonchev–Trinajstić information content (AvgIpc) is 2.73. The highest BCUT2D eigenvalue weighted by atomic mass is 32.1. The van der Waals surface area contributed by atoms with Gasteiger partial charge in [0, 0.05) is 12.4 Å². The lowest BCUT2D eigenvalue weighted by Gasteiger charge is -2.22. The molecule has 5 nitrogen and oxygen atoms in total. The van der Waals surface area contributed by atoms with E-state index in [4.69, 9.17) is 5.11 Å². The fourth-order valence-electron chi connectivity index (χ4n) is 1.31. The number of carboxylic acid groups (broad SMARTS) is 1. The number of hydrogen-bond acceptors (Lipinski definition) is 5. The van der Waals surface area contributed by atoms with Crippen LogP contribution in [0.5, 0.6) is 0 Å². The minimum absolute atomic E-state index is 0.599. The number of aliphatic carboxylic acids is 1. The van der Waals surface area contributed by atoms with E-state index < -0.39 is 12.0 Å². The Kier molecular flexibility index (Phi) is 2.74. The predicted molar refractivity (Wildman–Crippen MR) is 62.9 cm³/mol. The highest BCUT2D eigenvalue weighted by Gasteiger charge is 2.18. The lowest BCUT2D eigenvalue weighted by molar-refractivity contribution is -0.138. The highest BCUT2D eigenvalue weighted by molar-refractivity contribution is 7.12. The zero-order valence-electron chi connectivity index (χ0n) is 8.91. The van der Waals surface area contributed by atoms with Gasteiger partial charge < -0.3 is 10.0 Å². The molecule has 2 rings (SSSR count). The third kappa shape index (κ3) is 1.83. The van der Waals surface area contributed by atoms with Crippen molar-refractivity contribution in [2.75, 3.05) is 11.9 Å². The maximum Gasteiger partial charge on any atom is 0.326 e. The fourth-order valence-corrected chi connectivity index (χ4v) is 1.93. The van der Waals surface area contributed by atoms with Crippen molar-refractivity contribution in [1.82, 2.24) is 9.36 Å². The van der Waals surface area contributed by atoms with E-state index in [0.29, 0.717) is 5.82 Å². The monoisotopic (exact) mass is 237 g/mol. The Morgan fingerprint density at radius 2 is 2.31 bits per heavy atom. The topological polar surface area (TPSA) is 66.3 Å². The van der Waals surface area contributed by atoms with Crippen LogP contribution in [0.25, 0.3) is 10.2 Å². The maximum absolute atomic E-state index is 10.8. The molecule has 0 radical (unpaired) electrons. The molecule has 1 unspecified atom stereocenters. The predicted octanol–water partition coefficient (Wildman–Crippen LogP) is 1.60. The van der Waals surface area contributed by atoms with Gasteiger partial charge in [0.05, 0.1) is 6.20 Å². The average molecular weight is 237 g/mol. The van der Waals surface area contributed by atoms with Crippen LogP contribution >= 0.6 is 11.5 Å². The van der Waals surface area contributed by atoms with Gasteiger partial charge in [-0.05, 0) is 30.6 Å². The summed E-state index contributed by atoms with van der Waals surface area (Å²) in [5.41, 5.74) is 0. The third-order valence-electron chi connectivity index (χ3n) is 2.51. The second-order valence-corrected chi connectivity index (χ2v) is 4.29. The van der Waals surface area contributed by atoms with E-state index in [2.05, 4.69) is 9.36 Å². The molecule has 2 heterocycles. The number of carboxylic acids is 1. The van der Waals surface area contributed by atoms with E-state index in [9.17, 15) is 4.79 Å². The van der Waals surface area contributed by atoms with Gasteiger partial charge in [0.15, 0.2) is 0 Å². The molecule has 0 fully saturated rings. The standard InChI is InChI=1S/C10H11N3O2S/c1-6(10(14)15)13(2)8-4-3-7-5-11-16-9(7)12-8/h3-6H,1-2H3,(H,14,15). The summed E-state index contributed by atoms with van der Waals surface area (Å²) in [6, 6.07) is 3.10. The molecule has 0 aromatic carbocycles. The molecule has 0 saturated heterocycles. The van der Waals surface area contributed by atoms with Crippen LogP contribution in [0.3, 0.4) is 0 Å².